The number of nitrogens with zero attached hydrogens (tertiary/aromatic N) is 2. The Bertz CT molecular complexity index is 588. The van der Waals surface area contributed by atoms with Crippen molar-refractivity contribution in [2.75, 3.05) is 0 Å². The summed E-state index contributed by atoms with van der Waals surface area (Å²) in [5.74, 6) is 0. The fourth-order valence-corrected chi connectivity index (χ4v) is 3.69. The van der Waals surface area contributed by atoms with Crippen LogP contribution in [0.3, 0.4) is 0 Å². The van der Waals surface area contributed by atoms with Crippen molar-refractivity contribution in [2.24, 2.45) is 0 Å². The van der Waals surface area contributed by atoms with Crippen molar-refractivity contribution in [2.45, 2.75) is 62.1 Å². The van der Waals surface area contributed by atoms with Gasteiger partial charge in [0.2, 0.25) is 11.8 Å². The summed E-state index contributed by atoms with van der Waals surface area (Å²) in [6, 6.07) is 4.86. The van der Waals surface area contributed by atoms with Gasteiger partial charge in [-0.1, -0.05) is 12.8 Å². The van der Waals surface area contributed by atoms with Gasteiger partial charge in [0.05, 0.1) is 10.5 Å². The average molecular weight is 323 g/mol. The molecule has 6 heteroatoms. The third-order valence-electron chi connectivity index (χ3n) is 3.75. The Morgan fingerprint density at radius 1 is 1.32 bits per heavy atom. The predicted octanol–water partition coefficient (Wildman–Crippen LogP) is 4.25. The highest BCUT2D eigenvalue weighted by atomic mass is 32.2. The summed E-state index contributed by atoms with van der Waals surface area (Å²) in [5.41, 5.74) is 0.285. The second-order valence-electron chi connectivity index (χ2n) is 6.65. The Balaban J connectivity index is 2.37. The standard InChI is InChI=1S/C16H23N2O3S/c1-16(2,3)17(19)11-12-10-13(18(20)21)8-9-15(12)22-14-6-4-5-7-14/h8-11,14,19H,4-7H2,1-3H3/q+1. The number of hydrogen-bond acceptors (Lipinski definition) is 4. The smallest absolute Gasteiger partial charge is 0.270 e. The number of nitro groups is 1. The lowest BCUT2D eigenvalue weighted by Gasteiger charge is -2.12. The van der Waals surface area contributed by atoms with Gasteiger partial charge < -0.3 is 0 Å². The molecule has 1 aliphatic rings. The van der Waals surface area contributed by atoms with Crippen molar-refractivity contribution < 1.29 is 14.9 Å². The van der Waals surface area contributed by atoms with E-state index in [1.807, 2.05) is 20.8 Å². The zero-order valence-corrected chi connectivity index (χ0v) is 14.1. The topological polar surface area (TPSA) is 66.4 Å². The Labute approximate surface area is 135 Å². The highest BCUT2D eigenvalue weighted by molar-refractivity contribution is 8.00. The first kappa shape index (κ1) is 16.8. The van der Waals surface area contributed by atoms with E-state index in [0.717, 1.165) is 9.63 Å². The number of hydroxylamine groups is 1. The van der Waals surface area contributed by atoms with Crippen molar-refractivity contribution in [3.05, 3.63) is 33.9 Å². The summed E-state index contributed by atoms with van der Waals surface area (Å²) >= 11 is 1.76. The Morgan fingerprint density at radius 2 is 1.95 bits per heavy atom. The molecule has 22 heavy (non-hydrogen) atoms. The first-order chi connectivity index (χ1) is 10.3. The molecule has 0 saturated heterocycles. The SMILES string of the molecule is CC(C)(C)[N+](O)=Cc1cc([N+](=O)[O-])ccc1SC1CCCC1. The molecule has 0 radical (unpaired) electrons. The Morgan fingerprint density at radius 3 is 2.50 bits per heavy atom. The Kier molecular flexibility index (Phi) is 5.11. The lowest BCUT2D eigenvalue weighted by Crippen LogP contribution is -2.31. The van der Waals surface area contributed by atoms with Gasteiger partial charge in [0.15, 0.2) is 0 Å². The van der Waals surface area contributed by atoms with Crippen molar-refractivity contribution >= 4 is 23.7 Å². The van der Waals surface area contributed by atoms with Gasteiger partial charge in [0.1, 0.15) is 0 Å². The van der Waals surface area contributed by atoms with Crippen LogP contribution >= 0.6 is 11.8 Å². The molecule has 1 aliphatic carbocycles. The second kappa shape index (κ2) is 6.69. The van der Waals surface area contributed by atoms with Crippen LogP contribution in [0.25, 0.3) is 0 Å². The molecule has 0 aliphatic heterocycles. The van der Waals surface area contributed by atoms with E-state index in [1.54, 1.807) is 24.0 Å². The minimum atomic E-state index is -0.458. The summed E-state index contributed by atoms with van der Waals surface area (Å²) in [6.07, 6.45) is 6.45. The normalized spacial score (nSPS) is 17.0. The van der Waals surface area contributed by atoms with E-state index in [2.05, 4.69) is 0 Å². The molecule has 0 heterocycles. The van der Waals surface area contributed by atoms with Crippen molar-refractivity contribution in [3.8, 4) is 0 Å². The molecule has 5 nitrogen and oxygen atoms in total. The largest absolute Gasteiger partial charge is 0.290 e. The molecule has 1 aromatic rings. The first-order valence-corrected chi connectivity index (χ1v) is 8.43. The Hall–Kier alpha value is -1.56. The van der Waals surface area contributed by atoms with Crippen LogP contribution in [0.5, 0.6) is 0 Å². The van der Waals surface area contributed by atoms with Crippen molar-refractivity contribution in [1.29, 1.82) is 0 Å². The van der Waals surface area contributed by atoms with Gasteiger partial charge >= 0.3 is 0 Å². The number of nitro benzene ring substituents is 1. The van der Waals surface area contributed by atoms with E-state index in [-0.39, 0.29) is 5.69 Å². The molecule has 1 saturated carbocycles. The van der Waals surface area contributed by atoms with Crippen LogP contribution in [0, 0.1) is 10.1 Å². The molecule has 1 fully saturated rings. The molecule has 1 N–H and O–H groups in total. The first-order valence-electron chi connectivity index (χ1n) is 7.55. The fraction of sp³-hybridized carbons (Fsp3) is 0.562. The maximum atomic E-state index is 11.0. The minimum absolute atomic E-state index is 0.0457. The molecular formula is C16H23N2O3S+. The number of non-ortho nitro benzene ring substituents is 1. The molecule has 0 spiro atoms. The summed E-state index contributed by atoms with van der Waals surface area (Å²) < 4.78 is 1.12. The number of thioether (sulfide) groups is 1. The molecule has 1 aromatic carbocycles. The lowest BCUT2D eigenvalue weighted by molar-refractivity contribution is -0.816. The summed E-state index contributed by atoms with van der Waals surface area (Å²) in [6.45, 7) is 5.64. The highest BCUT2D eigenvalue weighted by Crippen LogP contribution is 2.36. The molecule has 0 unspecified atom stereocenters. The zero-order chi connectivity index (χ0) is 16.3. The van der Waals surface area contributed by atoms with E-state index in [0.29, 0.717) is 10.8 Å². The monoisotopic (exact) mass is 323 g/mol. The third kappa shape index (κ3) is 4.22. The van der Waals surface area contributed by atoms with Crippen LogP contribution in [0.15, 0.2) is 23.1 Å². The average Bonchev–Trinajstić information content (AvgIpc) is 2.92. The highest BCUT2D eigenvalue weighted by Gasteiger charge is 2.26. The van der Waals surface area contributed by atoms with E-state index in [1.165, 1.54) is 37.8 Å². The molecular weight excluding hydrogens is 300 g/mol. The minimum Gasteiger partial charge on any atom is -0.290 e. The summed E-state index contributed by atoms with van der Waals surface area (Å²) in [7, 11) is 0. The fourth-order valence-electron chi connectivity index (χ4n) is 2.37. The quantitative estimate of drug-likeness (QED) is 0.296. The maximum Gasteiger partial charge on any atom is 0.270 e. The van der Waals surface area contributed by atoms with Crippen molar-refractivity contribution in [1.82, 2.24) is 0 Å². The summed E-state index contributed by atoms with van der Waals surface area (Å²) in [4.78, 5) is 11.6. The molecule has 0 bridgehead atoms. The van der Waals surface area contributed by atoms with Crippen LogP contribution in [-0.2, 0) is 0 Å². The van der Waals surface area contributed by atoms with E-state index in [4.69, 9.17) is 0 Å². The van der Waals surface area contributed by atoms with E-state index in [9.17, 15) is 15.3 Å². The molecule has 2 rings (SSSR count). The number of hydrogen-bond donors (Lipinski definition) is 1. The van der Waals surface area contributed by atoms with Gasteiger partial charge in [-0.25, -0.2) is 0 Å². The van der Waals surface area contributed by atoms with Crippen molar-refractivity contribution in [3.63, 3.8) is 0 Å². The van der Waals surface area contributed by atoms with Crippen LogP contribution in [0.1, 0.15) is 52.0 Å². The summed E-state index contributed by atoms with van der Waals surface area (Å²) in [5, 5.41) is 21.7. The second-order valence-corrected chi connectivity index (χ2v) is 7.99. The van der Waals surface area contributed by atoms with E-state index < -0.39 is 10.5 Å². The van der Waals surface area contributed by atoms with Crippen LogP contribution in [0.2, 0.25) is 0 Å². The molecule has 0 atom stereocenters. The van der Waals surface area contributed by atoms with Crippen LogP contribution in [-0.4, -0.2) is 31.9 Å². The van der Waals surface area contributed by atoms with Gasteiger partial charge in [0, 0.05) is 43.0 Å². The molecule has 0 aromatic heterocycles. The zero-order valence-electron chi connectivity index (χ0n) is 13.3. The maximum absolute atomic E-state index is 11.0. The van der Waals surface area contributed by atoms with Crippen LogP contribution < -0.4 is 0 Å². The molecule has 0 amide bonds. The van der Waals surface area contributed by atoms with E-state index >= 15 is 0 Å². The number of rotatable bonds is 4. The van der Waals surface area contributed by atoms with Gasteiger partial charge in [-0.2, -0.15) is 0 Å². The van der Waals surface area contributed by atoms with Gasteiger partial charge in [-0.05, 0) is 23.6 Å². The predicted molar refractivity (Wildman–Crippen MR) is 88.2 cm³/mol. The van der Waals surface area contributed by atoms with Crippen LogP contribution in [0.4, 0.5) is 5.69 Å². The molecule has 120 valence electrons. The third-order valence-corrected chi connectivity index (χ3v) is 5.18. The number of benzene rings is 1. The van der Waals surface area contributed by atoms with Gasteiger partial charge in [-0.15, -0.1) is 11.8 Å². The van der Waals surface area contributed by atoms with Gasteiger partial charge in [-0.3, -0.25) is 15.3 Å². The lowest BCUT2D eigenvalue weighted by atomic mass is 10.1. The van der Waals surface area contributed by atoms with Gasteiger partial charge in [0.25, 0.3) is 5.69 Å².